The number of ether oxygens (including phenoxy) is 1. The van der Waals surface area contributed by atoms with Crippen molar-refractivity contribution in [1.82, 2.24) is 10.9 Å². The van der Waals surface area contributed by atoms with E-state index in [0.717, 1.165) is 10.1 Å². The first kappa shape index (κ1) is 19.8. The molecule has 0 aliphatic rings. The summed E-state index contributed by atoms with van der Waals surface area (Å²) in [5.74, 6) is -0.750. The number of fused-ring (bicyclic) bond motifs is 1. The number of nitrogens with one attached hydrogen (secondary N) is 2. The number of hydrogen-bond acceptors (Lipinski definition) is 4. The summed E-state index contributed by atoms with van der Waals surface area (Å²) in [6, 6.07) is 12.1. The van der Waals surface area contributed by atoms with E-state index in [2.05, 4.69) is 10.9 Å². The number of hydrazine groups is 1. The van der Waals surface area contributed by atoms with Crippen molar-refractivity contribution < 1.29 is 14.3 Å². The van der Waals surface area contributed by atoms with Crippen LogP contribution in [0.3, 0.4) is 0 Å². The molecule has 3 aromatic rings. The van der Waals surface area contributed by atoms with Gasteiger partial charge in [0, 0.05) is 15.1 Å². The molecule has 0 fully saturated rings. The van der Waals surface area contributed by atoms with Gasteiger partial charge in [-0.2, -0.15) is 0 Å². The molecule has 0 spiro atoms. The maximum Gasteiger partial charge on any atom is 0.281 e. The van der Waals surface area contributed by atoms with E-state index in [4.69, 9.17) is 39.5 Å². The average Bonchev–Trinajstić information content (AvgIpc) is 2.99. The zero-order valence-electron chi connectivity index (χ0n) is 13.9. The lowest BCUT2D eigenvalue weighted by Gasteiger charge is -2.16. The van der Waals surface area contributed by atoms with Crippen LogP contribution in [-0.4, -0.2) is 17.9 Å². The first-order valence-corrected chi connectivity index (χ1v) is 9.71. The van der Waals surface area contributed by atoms with E-state index in [0.29, 0.717) is 20.7 Å². The number of carbonyl (C=O) groups is 2. The van der Waals surface area contributed by atoms with E-state index >= 15 is 0 Å². The molecule has 2 amide bonds. The largest absolute Gasteiger partial charge is 0.479 e. The Balaban J connectivity index is 1.62. The molecular formula is C18H13Cl3N2O3S. The van der Waals surface area contributed by atoms with Crippen molar-refractivity contribution in [2.45, 2.75) is 13.0 Å². The molecule has 1 heterocycles. The van der Waals surface area contributed by atoms with Crippen LogP contribution in [0.5, 0.6) is 5.75 Å². The molecule has 0 saturated carbocycles. The third-order valence-electron chi connectivity index (χ3n) is 3.61. The fourth-order valence-electron chi connectivity index (χ4n) is 2.25. The van der Waals surface area contributed by atoms with E-state index in [-0.39, 0.29) is 5.02 Å². The Kier molecular flexibility index (Phi) is 6.11. The van der Waals surface area contributed by atoms with Gasteiger partial charge in [0.25, 0.3) is 11.8 Å². The summed E-state index contributed by atoms with van der Waals surface area (Å²) in [5, 5.41) is 1.87. The first-order chi connectivity index (χ1) is 12.9. The van der Waals surface area contributed by atoms with Crippen molar-refractivity contribution in [1.29, 1.82) is 0 Å². The van der Waals surface area contributed by atoms with Gasteiger partial charge in [0.2, 0.25) is 0 Å². The normalized spacial score (nSPS) is 11.9. The monoisotopic (exact) mass is 442 g/mol. The Labute approximate surface area is 174 Å². The molecule has 2 N–H and O–H groups in total. The Bertz CT molecular complexity index is 1020. The van der Waals surface area contributed by atoms with Crippen molar-refractivity contribution in [2.24, 2.45) is 0 Å². The number of carbonyl (C=O) groups excluding carboxylic acids is 2. The maximum atomic E-state index is 12.3. The van der Waals surface area contributed by atoms with Crippen LogP contribution in [0.1, 0.15) is 16.6 Å². The topological polar surface area (TPSA) is 67.4 Å². The van der Waals surface area contributed by atoms with Gasteiger partial charge in [0.15, 0.2) is 6.10 Å². The molecule has 0 bridgehead atoms. The van der Waals surface area contributed by atoms with Crippen LogP contribution >= 0.6 is 46.1 Å². The number of hydrogen-bond donors (Lipinski definition) is 2. The second-order valence-corrected chi connectivity index (χ2v) is 7.79. The number of halogens is 3. The summed E-state index contributed by atoms with van der Waals surface area (Å²) in [4.78, 5) is 24.8. The van der Waals surface area contributed by atoms with E-state index in [1.807, 2.05) is 24.3 Å². The molecule has 0 aliphatic heterocycles. The highest BCUT2D eigenvalue weighted by Gasteiger charge is 2.20. The van der Waals surface area contributed by atoms with Crippen LogP contribution in [0.4, 0.5) is 0 Å². The minimum atomic E-state index is -0.901. The van der Waals surface area contributed by atoms with Crippen LogP contribution in [0.25, 0.3) is 10.1 Å². The number of rotatable bonds is 4. The number of amides is 2. The lowest BCUT2D eigenvalue weighted by atomic mass is 10.2. The highest BCUT2D eigenvalue weighted by Crippen LogP contribution is 2.34. The summed E-state index contributed by atoms with van der Waals surface area (Å²) >= 11 is 19.3. The smallest absolute Gasteiger partial charge is 0.281 e. The zero-order valence-corrected chi connectivity index (χ0v) is 17.0. The van der Waals surface area contributed by atoms with Crippen molar-refractivity contribution >= 4 is 68.0 Å². The van der Waals surface area contributed by atoms with E-state index in [9.17, 15) is 9.59 Å². The van der Waals surface area contributed by atoms with Gasteiger partial charge in [-0.1, -0.05) is 53.0 Å². The molecule has 9 heteroatoms. The van der Waals surface area contributed by atoms with Crippen LogP contribution in [0, 0.1) is 0 Å². The van der Waals surface area contributed by atoms with E-state index in [1.54, 1.807) is 12.1 Å². The van der Waals surface area contributed by atoms with Gasteiger partial charge < -0.3 is 4.74 Å². The van der Waals surface area contributed by atoms with Crippen LogP contribution in [-0.2, 0) is 4.79 Å². The third-order valence-corrected chi connectivity index (χ3v) is 5.81. The van der Waals surface area contributed by atoms with Gasteiger partial charge >= 0.3 is 0 Å². The Morgan fingerprint density at radius 1 is 1.07 bits per heavy atom. The van der Waals surface area contributed by atoms with Crippen LogP contribution in [0.15, 0.2) is 42.5 Å². The summed E-state index contributed by atoms with van der Waals surface area (Å²) in [6.07, 6.45) is -0.901. The highest BCUT2D eigenvalue weighted by atomic mass is 35.5. The summed E-state index contributed by atoms with van der Waals surface area (Å²) in [5.41, 5.74) is 4.66. The van der Waals surface area contributed by atoms with Crippen molar-refractivity contribution in [3.8, 4) is 5.75 Å². The van der Waals surface area contributed by atoms with Gasteiger partial charge in [-0.05, 0) is 31.2 Å². The zero-order chi connectivity index (χ0) is 19.6. The standard InChI is InChI=1S/C18H13Cl3N2O3S/c1-9(26-13-7-6-10(19)8-12(13)20)17(24)22-23-18(25)16-15(21)11-4-2-3-5-14(11)27-16/h2-9H,1H3,(H,22,24)(H,23,25)/t9-/m1/s1. The Morgan fingerprint density at radius 2 is 1.81 bits per heavy atom. The summed E-state index contributed by atoms with van der Waals surface area (Å²) < 4.78 is 6.38. The molecule has 3 rings (SSSR count). The molecule has 0 radical (unpaired) electrons. The molecule has 0 unspecified atom stereocenters. The van der Waals surface area contributed by atoms with Gasteiger partial charge in [-0.3, -0.25) is 20.4 Å². The Hall–Kier alpha value is -1.99. The molecular weight excluding hydrogens is 431 g/mol. The lowest BCUT2D eigenvalue weighted by molar-refractivity contribution is -0.128. The van der Waals surface area contributed by atoms with Crippen LogP contribution < -0.4 is 15.6 Å². The van der Waals surface area contributed by atoms with Gasteiger partial charge in [0.1, 0.15) is 10.6 Å². The average molecular weight is 444 g/mol. The second-order valence-electron chi connectivity index (χ2n) is 5.52. The van der Waals surface area contributed by atoms with Crippen molar-refractivity contribution in [2.75, 3.05) is 0 Å². The van der Waals surface area contributed by atoms with Crippen molar-refractivity contribution in [3.05, 3.63) is 62.4 Å². The van der Waals surface area contributed by atoms with E-state index < -0.39 is 17.9 Å². The van der Waals surface area contributed by atoms with Crippen molar-refractivity contribution in [3.63, 3.8) is 0 Å². The fraction of sp³-hybridized carbons (Fsp3) is 0.111. The quantitative estimate of drug-likeness (QED) is 0.552. The molecule has 5 nitrogen and oxygen atoms in total. The van der Waals surface area contributed by atoms with E-state index in [1.165, 1.54) is 24.3 Å². The predicted octanol–water partition coefficient (Wildman–Crippen LogP) is 5.09. The SMILES string of the molecule is C[C@@H](Oc1ccc(Cl)cc1Cl)C(=O)NNC(=O)c1sc2ccccc2c1Cl. The second kappa shape index (κ2) is 8.35. The number of thiophene rings is 1. The molecule has 140 valence electrons. The predicted molar refractivity (Wildman–Crippen MR) is 109 cm³/mol. The molecule has 1 atom stereocenters. The lowest BCUT2D eigenvalue weighted by Crippen LogP contribution is -2.47. The molecule has 0 saturated heterocycles. The number of benzene rings is 2. The Morgan fingerprint density at radius 3 is 2.52 bits per heavy atom. The summed E-state index contributed by atoms with van der Waals surface area (Å²) in [6.45, 7) is 1.53. The highest BCUT2D eigenvalue weighted by molar-refractivity contribution is 7.21. The fourth-order valence-corrected chi connectivity index (χ4v) is 4.12. The van der Waals surface area contributed by atoms with Gasteiger partial charge in [-0.25, -0.2) is 0 Å². The van der Waals surface area contributed by atoms with Gasteiger partial charge in [-0.15, -0.1) is 11.3 Å². The molecule has 1 aromatic heterocycles. The molecule has 0 aliphatic carbocycles. The maximum absolute atomic E-state index is 12.3. The first-order valence-electron chi connectivity index (χ1n) is 7.75. The summed E-state index contributed by atoms with van der Waals surface area (Å²) in [7, 11) is 0. The molecule has 27 heavy (non-hydrogen) atoms. The minimum Gasteiger partial charge on any atom is -0.479 e. The molecule has 2 aromatic carbocycles. The third kappa shape index (κ3) is 4.47. The van der Waals surface area contributed by atoms with Crippen LogP contribution in [0.2, 0.25) is 15.1 Å². The van der Waals surface area contributed by atoms with Gasteiger partial charge in [0.05, 0.1) is 10.0 Å². The minimum absolute atomic E-state index is 0.281.